The third kappa shape index (κ3) is 3.43. The third-order valence-corrected chi connectivity index (χ3v) is 2.83. The number of hydrogen-bond acceptors (Lipinski definition) is 4. The Kier molecular flexibility index (Phi) is 5.56. The number of carbonyl (C=O) groups is 1. The number of rotatable bonds is 2. The fourth-order valence-corrected chi connectivity index (χ4v) is 1.58. The molecule has 1 aromatic carbocycles. The van der Waals surface area contributed by atoms with E-state index in [0.29, 0.717) is 21.3 Å². The number of carboxylic acids is 1. The average Bonchev–Trinajstić information content (AvgIpc) is 2.33. The molecular formula is C11H5Cl2N2NaO2. The number of benzene rings is 1. The maximum atomic E-state index is 10.7. The number of aromatic nitrogens is 2. The first-order valence-corrected chi connectivity index (χ1v) is 5.32. The van der Waals surface area contributed by atoms with Gasteiger partial charge < -0.3 is 9.90 Å². The fraction of sp³-hybridized carbons (Fsp3) is 0. The topological polar surface area (TPSA) is 65.9 Å². The Morgan fingerprint density at radius 3 is 2.44 bits per heavy atom. The maximum absolute atomic E-state index is 10.7. The van der Waals surface area contributed by atoms with Gasteiger partial charge in [-0.1, -0.05) is 29.3 Å². The van der Waals surface area contributed by atoms with Gasteiger partial charge in [0.1, 0.15) is 6.33 Å². The molecule has 0 bridgehead atoms. The minimum Gasteiger partial charge on any atom is -0.543 e. The van der Waals surface area contributed by atoms with Crippen molar-refractivity contribution in [3.05, 3.63) is 46.3 Å². The third-order valence-electron chi connectivity index (χ3n) is 2.09. The van der Waals surface area contributed by atoms with Gasteiger partial charge in [0.05, 0.1) is 27.4 Å². The zero-order chi connectivity index (χ0) is 12.4. The second-order valence-corrected chi connectivity index (χ2v) is 4.02. The van der Waals surface area contributed by atoms with Crippen LogP contribution in [-0.2, 0) is 0 Å². The van der Waals surface area contributed by atoms with Crippen LogP contribution in [0.2, 0.25) is 10.0 Å². The molecule has 7 heteroatoms. The van der Waals surface area contributed by atoms with Crippen LogP contribution in [0.1, 0.15) is 10.5 Å². The SMILES string of the molecule is O=C([O-])c1cc(-c2ccc(Cl)c(Cl)c2)ncn1.[Na+]. The van der Waals surface area contributed by atoms with Crippen LogP contribution in [0, 0.1) is 0 Å². The van der Waals surface area contributed by atoms with Crippen molar-refractivity contribution in [3.8, 4) is 11.3 Å². The number of hydrogen-bond donors (Lipinski definition) is 0. The van der Waals surface area contributed by atoms with E-state index in [-0.39, 0.29) is 35.3 Å². The molecule has 0 saturated carbocycles. The van der Waals surface area contributed by atoms with Crippen LogP contribution < -0.4 is 34.7 Å². The van der Waals surface area contributed by atoms with E-state index >= 15 is 0 Å². The summed E-state index contributed by atoms with van der Waals surface area (Å²) in [7, 11) is 0. The molecule has 2 rings (SSSR count). The molecule has 86 valence electrons. The van der Waals surface area contributed by atoms with Crippen LogP contribution in [-0.4, -0.2) is 15.9 Å². The van der Waals surface area contributed by atoms with E-state index in [2.05, 4.69) is 9.97 Å². The van der Waals surface area contributed by atoms with Gasteiger partial charge in [-0.3, -0.25) is 0 Å². The minimum absolute atomic E-state index is 0. The first kappa shape index (κ1) is 15.4. The summed E-state index contributed by atoms with van der Waals surface area (Å²) in [5.74, 6) is -1.35. The van der Waals surface area contributed by atoms with Crippen molar-refractivity contribution in [1.82, 2.24) is 9.97 Å². The summed E-state index contributed by atoms with van der Waals surface area (Å²) in [5, 5.41) is 11.5. The van der Waals surface area contributed by atoms with E-state index < -0.39 is 5.97 Å². The van der Waals surface area contributed by atoms with Crippen molar-refractivity contribution in [3.63, 3.8) is 0 Å². The molecule has 0 aliphatic carbocycles. The molecule has 0 saturated heterocycles. The van der Waals surface area contributed by atoms with Crippen molar-refractivity contribution < 1.29 is 39.5 Å². The molecule has 1 heterocycles. The Morgan fingerprint density at radius 1 is 1.11 bits per heavy atom. The van der Waals surface area contributed by atoms with E-state index in [0.717, 1.165) is 6.33 Å². The van der Waals surface area contributed by atoms with Gasteiger partial charge in [0.2, 0.25) is 0 Å². The molecule has 0 amide bonds. The smallest absolute Gasteiger partial charge is 0.543 e. The largest absolute Gasteiger partial charge is 1.00 e. The molecule has 0 N–H and O–H groups in total. The Balaban J connectivity index is 0.00000162. The van der Waals surface area contributed by atoms with Crippen molar-refractivity contribution in [1.29, 1.82) is 0 Å². The molecule has 0 aliphatic heterocycles. The van der Waals surface area contributed by atoms with Gasteiger partial charge in [-0.15, -0.1) is 0 Å². The van der Waals surface area contributed by atoms with Gasteiger partial charge in [0.25, 0.3) is 0 Å². The summed E-state index contributed by atoms with van der Waals surface area (Å²) < 4.78 is 0. The number of nitrogens with zero attached hydrogens (tertiary/aromatic N) is 2. The van der Waals surface area contributed by atoms with E-state index in [1.807, 2.05) is 0 Å². The second-order valence-electron chi connectivity index (χ2n) is 3.20. The predicted octanol–water partition coefficient (Wildman–Crippen LogP) is -1.18. The van der Waals surface area contributed by atoms with Crippen LogP contribution in [0.5, 0.6) is 0 Å². The first-order valence-electron chi connectivity index (χ1n) is 4.57. The summed E-state index contributed by atoms with van der Waals surface area (Å²) in [6, 6.07) is 6.22. The molecule has 0 aliphatic rings. The number of halogens is 2. The summed E-state index contributed by atoms with van der Waals surface area (Å²) in [5.41, 5.74) is 0.920. The van der Waals surface area contributed by atoms with Crippen LogP contribution >= 0.6 is 23.2 Å². The van der Waals surface area contributed by atoms with Gasteiger partial charge in [-0.05, 0) is 18.2 Å². The van der Waals surface area contributed by atoms with Crippen molar-refractivity contribution in [2.45, 2.75) is 0 Å². The number of aromatic carboxylic acids is 1. The van der Waals surface area contributed by atoms with Gasteiger partial charge in [0, 0.05) is 5.56 Å². The van der Waals surface area contributed by atoms with Gasteiger partial charge in [-0.2, -0.15) is 0 Å². The van der Waals surface area contributed by atoms with Crippen molar-refractivity contribution in [2.75, 3.05) is 0 Å². The molecule has 0 atom stereocenters. The summed E-state index contributed by atoms with van der Waals surface area (Å²) in [6.07, 6.45) is 1.16. The van der Waals surface area contributed by atoms with Crippen LogP contribution in [0.3, 0.4) is 0 Å². The van der Waals surface area contributed by atoms with Crippen LogP contribution in [0.25, 0.3) is 11.3 Å². The van der Waals surface area contributed by atoms with Gasteiger partial charge in [0.15, 0.2) is 0 Å². The van der Waals surface area contributed by atoms with Gasteiger partial charge >= 0.3 is 29.6 Å². The molecular weight excluding hydrogens is 286 g/mol. The van der Waals surface area contributed by atoms with E-state index in [4.69, 9.17) is 23.2 Å². The quantitative estimate of drug-likeness (QED) is 0.653. The second kappa shape index (κ2) is 6.50. The van der Waals surface area contributed by atoms with E-state index in [1.54, 1.807) is 18.2 Å². The Hall–Kier alpha value is -0.650. The van der Waals surface area contributed by atoms with E-state index in [9.17, 15) is 9.90 Å². The normalized spacial score (nSPS) is 9.67. The van der Waals surface area contributed by atoms with E-state index in [1.165, 1.54) is 6.07 Å². The number of carbonyl (C=O) groups excluding carboxylic acids is 1. The standard InChI is InChI=1S/C11H6Cl2N2O2.Na/c12-7-2-1-6(3-8(7)13)9-4-10(11(16)17)15-5-14-9;/h1-5H,(H,16,17);/q;+1/p-1. The average molecular weight is 291 g/mol. The fourth-order valence-electron chi connectivity index (χ4n) is 1.28. The minimum atomic E-state index is -1.35. The molecule has 0 fully saturated rings. The number of carboxylic acid groups (broad SMARTS) is 1. The van der Waals surface area contributed by atoms with Crippen LogP contribution in [0.4, 0.5) is 0 Å². The Morgan fingerprint density at radius 2 is 1.83 bits per heavy atom. The van der Waals surface area contributed by atoms with Crippen molar-refractivity contribution in [2.24, 2.45) is 0 Å². The molecule has 18 heavy (non-hydrogen) atoms. The zero-order valence-electron chi connectivity index (χ0n) is 9.35. The summed E-state index contributed by atoms with van der Waals surface area (Å²) in [6.45, 7) is 0. The van der Waals surface area contributed by atoms with Gasteiger partial charge in [-0.25, -0.2) is 9.97 Å². The molecule has 2 aromatic rings. The molecule has 0 unspecified atom stereocenters. The van der Waals surface area contributed by atoms with Crippen molar-refractivity contribution >= 4 is 29.2 Å². The summed E-state index contributed by atoms with van der Waals surface area (Å²) in [4.78, 5) is 18.2. The Labute approximate surface area is 135 Å². The predicted molar refractivity (Wildman–Crippen MR) is 61.8 cm³/mol. The molecule has 4 nitrogen and oxygen atoms in total. The zero-order valence-corrected chi connectivity index (χ0v) is 12.9. The Bertz CT molecular complexity index is 593. The monoisotopic (exact) mass is 290 g/mol. The first-order chi connectivity index (χ1) is 8.08. The maximum Gasteiger partial charge on any atom is 1.00 e. The molecule has 1 aromatic heterocycles. The molecule has 0 spiro atoms. The van der Waals surface area contributed by atoms with Crippen LogP contribution in [0.15, 0.2) is 30.6 Å². The summed E-state index contributed by atoms with van der Waals surface area (Å²) >= 11 is 11.6. The molecule has 0 radical (unpaired) electrons.